The summed E-state index contributed by atoms with van der Waals surface area (Å²) in [5.74, 6) is -0.812. The minimum absolute atomic E-state index is 0. The minimum Gasteiger partial charge on any atom is -0.480 e. The standard InChI is InChI=1S/C25H35NO6.ClH/c26-20(25(29)30)13-19-11-12-21(31-23(27)15-17-7-3-1-4-8-17)22(14-19)32-24(28)16-18-9-5-2-6-10-18;/h11-12,14,17-18,20H,1-10,13,15-16,26H2,(H,29,30);1H/t20-;/m0./s1. The number of benzene rings is 1. The smallest absolute Gasteiger partial charge is 0.320 e. The zero-order chi connectivity index (χ0) is 22.9. The highest BCUT2D eigenvalue weighted by Crippen LogP contribution is 2.33. The molecule has 8 heteroatoms. The Morgan fingerprint density at radius 2 is 1.33 bits per heavy atom. The Morgan fingerprint density at radius 1 is 0.848 bits per heavy atom. The molecule has 1 atom stereocenters. The average Bonchev–Trinajstić information content (AvgIpc) is 2.76. The number of aliphatic carboxylic acids is 1. The summed E-state index contributed by atoms with van der Waals surface area (Å²) in [7, 11) is 0. The fourth-order valence-electron chi connectivity index (χ4n) is 4.77. The maximum atomic E-state index is 12.6. The van der Waals surface area contributed by atoms with Crippen LogP contribution in [0.2, 0.25) is 0 Å². The van der Waals surface area contributed by atoms with Crippen LogP contribution in [0.5, 0.6) is 11.5 Å². The van der Waals surface area contributed by atoms with E-state index in [0.717, 1.165) is 51.4 Å². The average molecular weight is 482 g/mol. The zero-order valence-electron chi connectivity index (χ0n) is 19.1. The van der Waals surface area contributed by atoms with Crippen molar-refractivity contribution in [3.8, 4) is 11.5 Å². The summed E-state index contributed by atoms with van der Waals surface area (Å²) in [4.78, 5) is 36.2. The highest BCUT2D eigenvalue weighted by molar-refractivity contribution is 5.85. The second-order valence-electron chi connectivity index (χ2n) is 9.29. The van der Waals surface area contributed by atoms with Crippen LogP contribution in [-0.4, -0.2) is 29.1 Å². The van der Waals surface area contributed by atoms with E-state index in [1.165, 1.54) is 12.8 Å². The first-order chi connectivity index (χ1) is 15.4. The number of carboxylic acid groups (broad SMARTS) is 1. The molecular formula is C25H36ClNO6. The second-order valence-corrected chi connectivity index (χ2v) is 9.29. The van der Waals surface area contributed by atoms with E-state index in [1.807, 2.05) is 0 Å². The summed E-state index contributed by atoms with van der Waals surface area (Å²) in [5, 5.41) is 9.09. The van der Waals surface area contributed by atoms with Crippen LogP contribution in [0.3, 0.4) is 0 Å². The quantitative estimate of drug-likeness (QED) is 0.383. The summed E-state index contributed by atoms with van der Waals surface area (Å²) in [6.07, 6.45) is 11.8. The molecule has 1 aromatic rings. The summed E-state index contributed by atoms with van der Waals surface area (Å²) >= 11 is 0. The van der Waals surface area contributed by atoms with Crippen molar-refractivity contribution < 1.29 is 29.0 Å². The molecule has 0 saturated heterocycles. The summed E-state index contributed by atoms with van der Waals surface area (Å²) in [6.45, 7) is 0. The molecule has 7 nitrogen and oxygen atoms in total. The van der Waals surface area contributed by atoms with Gasteiger partial charge in [-0.15, -0.1) is 12.4 Å². The number of nitrogens with two attached hydrogens (primary N) is 1. The van der Waals surface area contributed by atoms with Crippen molar-refractivity contribution in [3.05, 3.63) is 23.8 Å². The van der Waals surface area contributed by atoms with Gasteiger partial charge in [0.2, 0.25) is 0 Å². The molecule has 0 amide bonds. The fourth-order valence-corrected chi connectivity index (χ4v) is 4.77. The van der Waals surface area contributed by atoms with Gasteiger partial charge in [-0.25, -0.2) is 0 Å². The largest absolute Gasteiger partial charge is 0.480 e. The molecule has 0 radical (unpaired) electrons. The maximum Gasteiger partial charge on any atom is 0.320 e. The molecule has 3 N–H and O–H groups in total. The molecule has 33 heavy (non-hydrogen) atoms. The van der Waals surface area contributed by atoms with Gasteiger partial charge in [-0.05, 0) is 61.6 Å². The molecule has 2 saturated carbocycles. The number of ether oxygens (including phenoxy) is 2. The number of hydrogen-bond donors (Lipinski definition) is 2. The van der Waals surface area contributed by atoms with Gasteiger partial charge >= 0.3 is 17.9 Å². The number of esters is 2. The van der Waals surface area contributed by atoms with Crippen molar-refractivity contribution in [1.29, 1.82) is 0 Å². The van der Waals surface area contributed by atoms with Crippen LogP contribution in [0.15, 0.2) is 18.2 Å². The third kappa shape index (κ3) is 8.97. The fraction of sp³-hybridized carbons (Fsp3) is 0.640. The SMILES string of the molecule is Cl.N[C@@H](Cc1ccc(OC(=O)CC2CCCCC2)c(OC(=O)CC2CCCCC2)c1)C(=O)O. The Hall–Kier alpha value is -2.12. The van der Waals surface area contributed by atoms with Crippen molar-refractivity contribution in [2.24, 2.45) is 17.6 Å². The Morgan fingerprint density at radius 3 is 1.82 bits per heavy atom. The first-order valence-corrected chi connectivity index (χ1v) is 11.9. The third-order valence-corrected chi connectivity index (χ3v) is 6.59. The van der Waals surface area contributed by atoms with E-state index < -0.39 is 12.0 Å². The third-order valence-electron chi connectivity index (χ3n) is 6.59. The van der Waals surface area contributed by atoms with Crippen molar-refractivity contribution >= 4 is 30.3 Å². The Kier molecular flexibility index (Phi) is 11.1. The van der Waals surface area contributed by atoms with Crippen LogP contribution < -0.4 is 15.2 Å². The summed E-state index contributed by atoms with van der Waals surface area (Å²) in [5.41, 5.74) is 6.26. The van der Waals surface area contributed by atoms with E-state index in [-0.39, 0.29) is 42.3 Å². The Balaban J connectivity index is 0.00000385. The van der Waals surface area contributed by atoms with Gasteiger partial charge in [0.1, 0.15) is 6.04 Å². The van der Waals surface area contributed by atoms with Gasteiger partial charge in [0.05, 0.1) is 0 Å². The Labute approximate surface area is 201 Å². The van der Waals surface area contributed by atoms with Crippen LogP contribution in [0, 0.1) is 11.8 Å². The van der Waals surface area contributed by atoms with Crippen LogP contribution in [-0.2, 0) is 20.8 Å². The lowest BCUT2D eigenvalue weighted by molar-refractivity contribution is -0.138. The molecule has 0 unspecified atom stereocenters. The maximum absolute atomic E-state index is 12.6. The predicted molar refractivity (Wildman–Crippen MR) is 127 cm³/mol. The summed E-state index contributed by atoms with van der Waals surface area (Å²) < 4.78 is 11.2. The molecule has 184 valence electrons. The zero-order valence-corrected chi connectivity index (χ0v) is 19.9. The number of carbonyl (C=O) groups is 3. The molecule has 2 fully saturated rings. The van der Waals surface area contributed by atoms with E-state index in [2.05, 4.69) is 0 Å². The van der Waals surface area contributed by atoms with Crippen molar-refractivity contribution in [3.63, 3.8) is 0 Å². The first kappa shape index (κ1) is 27.1. The van der Waals surface area contributed by atoms with E-state index in [1.54, 1.807) is 18.2 Å². The van der Waals surface area contributed by atoms with Crippen molar-refractivity contribution in [1.82, 2.24) is 0 Å². The molecule has 1 aromatic carbocycles. The van der Waals surface area contributed by atoms with Gasteiger partial charge < -0.3 is 20.3 Å². The lowest BCUT2D eigenvalue weighted by Crippen LogP contribution is -2.32. The van der Waals surface area contributed by atoms with Crippen molar-refractivity contribution in [2.45, 2.75) is 89.5 Å². The van der Waals surface area contributed by atoms with E-state index in [9.17, 15) is 14.4 Å². The molecule has 3 rings (SSSR count). The monoisotopic (exact) mass is 481 g/mol. The Bertz CT molecular complexity index is 802. The number of hydrogen-bond acceptors (Lipinski definition) is 6. The van der Waals surface area contributed by atoms with Gasteiger partial charge in [0.25, 0.3) is 0 Å². The molecule has 0 spiro atoms. The molecule has 0 bridgehead atoms. The van der Waals surface area contributed by atoms with Gasteiger partial charge in [-0.2, -0.15) is 0 Å². The van der Waals surface area contributed by atoms with Crippen LogP contribution in [0.25, 0.3) is 0 Å². The van der Waals surface area contributed by atoms with Crippen LogP contribution in [0.1, 0.15) is 82.6 Å². The number of carboxylic acids is 1. The molecule has 2 aliphatic carbocycles. The van der Waals surface area contributed by atoms with Gasteiger partial charge in [0.15, 0.2) is 11.5 Å². The number of rotatable bonds is 9. The lowest BCUT2D eigenvalue weighted by Gasteiger charge is -2.21. The molecule has 0 aromatic heterocycles. The molecular weight excluding hydrogens is 446 g/mol. The van der Waals surface area contributed by atoms with E-state index in [0.29, 0.717) is 30.2 Å². The summed E-state index contributed by atoms with van der Waals surface area (Å²) in [6, 6.07) is 3.71. The predicted octanol–water partition coefficient (Wildman–Crippen LogP) is 4.81. The number of halogens is 1. The van der Waals surface area contributed by atoms with E-state index >= 15 is 0 Å². The number of carbonyl (C=O) groups excluding carboxylic acids is 2. The molecule has 0 heterocycles. The topological polar surface area (TPSA) is 116 Å². The van der Waals surface area contributed by atoms with Crippen LogP contribution in [0.4, 0.5) is 0 Å². The first-order valence-electron chi connectivity index (χ1n) is 11.9. The lowest BCUT2D eigenvalue weighted by atomic mass is 9.87. The highest BCUT2D eigenvalue weighted by Gasteiger charge is 2.23. The highest BCUT2D eigenvalue weighted by atomic mass is 35.5. The van der Waals surface area contributed by atoms with Crippen molar-refractivity contribution in [2.75, 3.05) is 0 Å². The second kappa shape index (κ2) is 13.6. The van der Waals surface area contributed by atoms with Crippen LogP contribution >= 0.6 is 12.4 Å². The van der Waals surface area contributed by atoms with Gasteiger partial charge in [0, 0.05) is 12.8 Å². The molecule has 2 aliphatic rings. The van der Waals surface area contributed by atoms with Gasteiger partial charge in [-0.1, -0.05) is 44.6 Å². The molecule has 0 aliphatic heterocycles. The minimum atomic E-state index is -1.11. The van der Waals surface area contributed by atoms with Gasteiger partial charge in [-0.3, -0.25) is 14.4 Å². The normalized spacial score (nSPS) is 18.1. The van der Waals surface area contributed by atoms with E-state index in [4.69, 9.17) is 20.3 Å².